The van der Waals surface area contributed by atoms with Crippen molar-refractivity contribution in [2.75, 3.05) is 0 Å². The molecule has 1 aromatic carbocycles. The van der Waals surface area contributed by atoms with Gasteiger partial charge < -0.3 is 9.84 Å². The Bertz CT molecular complexity index is 717. The van der Waals surface area contributed by atoms with Crippen LogP contribution >= 0.6 is 12.6 Å². The maximum atomic E-state index is 11.0. The molecule has 150 valence electrons. The normalized spacial score (nSPS) is 23.9. The summed E-state index contributed by atoms with van der Waals surface area (Å²) >= 11 is 4.62. The van der Waals surface area contributed by atoms with Gasteiger partial charge in [0.15, 0.2) is 0 Å². The van der Waals surface area contributed by atoms with Crippen molar-refractivity contribution in [3.63, 3.8) is 0 Å². The molecule has 0 spiro atoms. The van der Waals surface area contributed by atoms with Crippen LogP contribution < -0.4 is 4.74 Å². The highest BCUT2D eigenvalue weighted by Crippen LogP contribution is 2.55. The van der Waals surface area contributed by atoms with Gasteiger partial charge in [0.25, 0.3) is 0 Å². The third-order valence-corrected chi connectivity index (χ3v) is 7.08. The van der Waals surface area contributed by atoms with E-state index in [1.807, 2.05) is 6.07 Å². The van der Waals surface area contributed by atoms with Crippen LogP contribution in [0.4, 0.5) is 0 Å². The summed E-state index contributed by atoms with van der Waals surface area (Å²) in [5, 5.41) is 11.0. The molecule has 0 saturated carbocycles. The monoisotopic (exact) mass is 388 g/mol. The summed E-state index contributed by atoms with van der Waals surface area (Å²) in [7, 11) is 0. The van der Waals surface area contributed by atoms with Crippen molar-refractivity contribution in [1.29, 1.82) is 0 Å². The SMILES string of the molecule is CCCCCCC(C)(C)c1cc(O)c2c(c1)OC(C)(C)[C@@H]1CC=C(S)C[C@@H]21. The van der Waals surface area contributed by atoms with E-state index in [-0.39, 0.29) is 16.9 Å². The minimum Gasteiger partial charge on any atom is -0.508 e. The second kappa shape index (κ2) is 7.73. The summed E-state index contributed by atoms with van der Waals surface area (Å²) in [4.78, 5) is 1.12. The highest BCUT2D eigenvalue weighted by Gasteiger charge is 2.46. The van der Waals surface area contributed by atoms with Crippen molar-refractivity contribution < 1.29 is 9.84 Å². The molecule has 1 aliphatic heterocycles. The maximum Gasteiger partial charge on any atom is 0.127 e. The molecule has 27 heavy (non-hydrogen) atoms. The molecule has 0 fully saturated rings. The van der Waals surface area contributed by atoms with Crippen molar-refractivity contribution in [3.05, 3.63) is 34.2 Å². The number of hydrogen-bond acceptors (Lipinski definition) is 3. The van der Waals surface area contributed by atoms with Crippen LogP contribution in [0.3, 0.4) is 0 Å². The molecule has 2 nitrogen and oxygen atoms in total. The number of allylic oxidation sites excluding steroid dienone is 2. The molecule has 0 radical (unpaired) electrons. The fraction of sp³-hybridized carbons (Fsp3) is 0.667. The van der Waals surface area contributed by atoms with Gasteiger partial charge in [-0.05, 0) is 61.1 Å². The molecule has 0 aromatic heterocycles. The zero-order valence-electron chi connectivity index (χ0n) is 17.6. The Hall–Kier alpha value is -1.09. The molecule has 0 saturated heterocycles. The van der Waals surface area contributed by atoms with E-state index >= 15 is 0 Å². The average Bonchev–Trinajstić information content (AvgIpc) is 2.57. The average molecular weight is 389 g/mol. The van der Waals surface area contributed by atoms with E-state index in [0.717, 1.165) is 35.5 Å². The largest absolute Gasteiger partial charge is 0.508 e. The van der Waals surface area contributed by atoms with E-state index in [0.29, 0.717) is 11.7 Å². The van der Waals surface area contributed by atoms with E-state index in [1.54, 1.807) is 0 Å². The molecule has 0 bridgehead atoms. The fourth-order valence-electron chi connectivity index (χ4n) is 4.91. The van der Waals surface area contributed by atoms with Crippen LogP contribution in [-0.4, -0.2) is 10.7 Å². The first kappa shape index (κ1) is 20.6. The molecule has 3 rings (SSSR count). The van der Waals surface area contributed by atoms with E-state index in [4.69, 9.17) is 4.74 Å². The minimum absolute atomic E-state index is 0.0335. The van der Waals surface area contributed by atoms with E-state index < -0.39 is 0 Å². The van der Waals surface area contributed by atoms with Crippen LogP contribution in [0.5, 0.6) is 11.5 Å². The van der Waals surface area contributed by atoms with E-state index in [1.165, 1.54) is 31.2 Å². The number of thiol groups is 1. The number of benzene rings is 1. The first-order chi connectivity index (χ1) is 12.7. The van der Waals surface area contributed by atoms with Crippen molar-refractivity contribution in [3.8, 4) is 11.5 Å². The molecular weight excluding hydrogens is 352 g/mol. The highest BCUT2D eigenvalue weighted by atomic mass is 32.1. The van der Waals surface area contributed by atoms with Gasteiger partial charge in [-0.25, -0.2) is 0 Å². The standard InChI is InChI=1S/C24H36O2S/c1-6-7-8-9-12-23(2,3)16-13-20(25)22-18-15-17(27)10-11-19(18)24(4,5)26-21(22)14-16/h10,13-14,18-19,25,27H,6-9,11-12,15H2,1-5H3/t18-,19-/m1/s1. The number of hydrogen-bond donors (Lipinski definition) is 2. The molecule has 1 N–H and O–H groups in total. The zero-order valence-corrected chi connectivity index (χ0v) is 18.5. The summed E-state index contributed by atoms with van der Waals surface area (Å²) in [5.41, 5.74) is 1.97. The maximum absolute atomic E-state index is 11.0. The molecule has 1 aliphatic carbocycles. The van der Waals surface area contributed by atoms with Crippen molar-refractivity contribution in [1.82, 2.24) is 0 Å². The summed E-state index contributed by atoms with van der Waals surface area (Å²) < 4.78 is 6.47. The number of ether oxygens (including phenoxy) is 1. The molecule has 1 aromatic rings. The molecule has 3 heteroatoms. The number of aromatic hydroxyl groups is 1. The topological polar surface area (TPSA) is 29.5 Å². The number of unbranched alkanes of at least 4 members (excludes halogenated alkanes) is 3. The van der Waals surface area contributed by atoms with Crippen LogP contribution in [0.15, 0.2) is 23.1 Å². The molecule has 2 atom stereocenters. The highest BCUT2D eigenvalue weighted by molar-refractivity contribution is 7.84. The first-order valence-corrected chi connectivity index (χ1v) is 11.0. The summed E-state index contributed by atoms with van der Waals surface area (Å²) in [6.07, 6.45) is 10.2. The van der Waals surface area contributed by atoms with Gasteiger partial charge in [-0.2, -0.15) is 0 Å². The lowest BCUT2D eigenvalue weighted by Gasteiger charge is -2.47. The van der Waals surface area contributed by atoms with Gasteiger partial charge in [-0.15, -0.1) is 12.6 Å². The van der Waals surface area contributed by atoms with E-state index in [2.05, 4.69) is 59.4 Å². The summed E-state index contributed by atoms with van der Waals surface area (Å²) in [5.74, 6) is 1.93. The predicted octanol–water partition coefficient (Wildman–Crippen LogP) is 7.12. The van der Waals surface area contributed by atoms with Crippen LogP contribution in [0.25, 0.3) is 0 Å². The predicted molar refractivity (Wildman–Crippen MR) is 117 cm³/mol. The van der Waals surface area contributed by atoms with Crippen LogP contribution in [0.1, 0.15) is 96.6 Å². The lowest BCUT2D eigenvalue weighted by molar-refractivity contribution is 0.00804. The van der Waals surface area contributed by atoms with Gasteiger partial charge in [-0.3, -0.25) is 0 Å². The molecule has 0 unspecified atom stereocenters. The summed E-state index contributed by atoms with van der Waals surface area (Å²) in [6.45, 7) is 11.2. The first-order valence-electron chi connectivity index (χ1n) is 10.6. The Morgan fingerprint density at radius 2 is 1.96 bits per heavy atom. The Morgan fingerprint density at radius 3 is 2.67 bits per heavy atom. The molecule has 2 aliphatic rings. The van der Waals surface area contributed by atoms with Crippen LogP contribution in [0, 0.1) is 5.92 Å². The Kier molecular flexibility index (Phi) is 5.91. The third-order valence-electron chi connectivity index (χ3n) is 6.72. The molecule has 0 amide bonds. The van der Waals surface area contributed by atoms with Crippen molar-refractivity contribution in [2.24, 2.45) is 5.92 Å². The lowest BCUT2D eigenvalue weighted by atomic mass is 9.68. The number of fused-ring (bicyclic) bond motifs is 3. The van der Waals surface area contributed by atoms with E-state index in [9.17, 15) is 5.11 Å². The Morgan fingerprint density at radius 1 is 1.22 bits per heavy atom. The Labute approximate surface area is 170 Å². The van der Waals surface area contributed by atoms with Gasteiger partial charge in [0.05, 0.1) is 0 Å². The van der Waals surface area contributed by atoms with Gasteiger partial charge in [0.2, 0.25) is 0 Å². The second-order valence-corrected chi connectivity index (χ2v) is 10.2. The van der Waals surface area contributed by atoms with Gasteiger partial charge in [0.1, 0.15) is 17.1 Å². The number of rotatable bonds is 6. The van der Waals surface area contributed by atoms with Gasteiger partial charge >= 0.3 is 0 Å². The second-order valence-electron chi connectivity index (χ2n) is 9.66. The quantitative estimate of drug-likeness (QED) is 0.401. The summed E-state index contributed by atoms with van der Waals surface area (Å²) in [6, 6.07) is 4.19. The van der Waals surface area contributed by atoms with Crippen LogP contribution in [0.2, 0.25) is 0 Å². The Balaban J connectivity index is 1.93. The molecule has 1 heterocycles. The zero-order chi connectivity index (χ0) is 19.8. The molecular formula is C24H36O2S. The van der Waals surface area contributed by atoms with Crippen molar-refractivity contribution >= 4 is 12.6 Å². The number of phenols is 1. The van der Waals surface area contributed by atoms with Gasteiger partial charge in [0, 0.05) is 17.4 Å². The fourth-order valence-corrected chi connectivity index (χ4v) is 5.21. The van der Waals surface area contributed by atoms with Crippen LogP contribution in [-0.2, 0) is 5.41 Å². The number of phenolic OH excluding ortho intramolecular Hbond substituents is 1. The third kappa shape index (κ3) is 4.18. The lowest BCUT2D eigenvalue weighted by Crippen LogP contribution is -2.45. The van der Waals surface area contributed by atoms with Gasteiger partial charge in [-0.1, -0.05) is 52.5 Å². The minimum atomic E-state index is -0.237. The smallest absolute Gasteiger partial charge is 0.127 e. The van der Waals surface area contributed by atoms with Crippen molar-refractivity contribution in [2.45, 2.75) is 96.5 Å².